The summed E-state index contributed by atoms with van der Waals surface area (Å²) >= 11 is 0. The van der Waals surface area contributed by atoms with Crippen molar-refractivity contribution >= 4 is 5.97 Å². The molecule has 0 unspecified atom stereocenters. The number of carbonyl (C=O) groups is 1. The van der Waals surface area contributed by atoms with Crippen molar-refractivity contribution in [1.82, 2.24) is 0 Å². The van der Waals surface area contributed by atoms with E-state index in [0.717, 1.165) is 13.3 Å². The van der Waals surface area contributed by atoms with Crippen molar-refractivity contribution in [3.8, 4) is 0 Å². The lowest BCUT2D eigenvalue weighted by Gasteiger charge is -2.33. The molecule has 1 rings (SSSR count). The molecule has 120 valence electrons. The van der Waals surface area contributed by atoms with Gasteiger partial charge in [-0.25, -0.2) is 0 Å². The maximum Gasteiger partial charge on any atom is 0.430 e. The van der Waals surface area contributed by atoms with Crippen molar-refractivity contribution in [2.75, 3.05) is 33.0 Å². The summed E-state index contributed by atoms with van der Waals surface area (Å²) < 4.78 is 38.4. The molecular weight excluding hydrogens is 275 g/mol. The van der Waals surface area contributed by atoms with Crippen LogP contribution in [0.1, 0.15) is 39.5 Å². The van der Waals surface area contributed by atoms with Crippen molar-refractivity contribution in [2.45, 2.75) is 45.7 Å². The van der Waals surface area contributed by atoms with E-state index in [2.05, 4.69) is 13.8 Å². The molecule has 1 aliphatic heterocycles. The van der Waals surface area contributed by atoms with Crippen LogP contribution in [0, 0.1) is 0 Å². The molecule has 0 aromatic rings. The van der Waals surface area contributed by atoms with Gasteiger partial charge in [-0.05, 0) is 13.3 Å². The van der Waals surface area contributed by atoms with Crippen LogP contribution < -0.4 is 5.11 Å². The number of rotatable bonds is 6. The molecule has 0 atom stereocenters. The van der Waals surface area contributed by atoms with E-state index in [0.29, 0.717) is 0 Å². The van der Waals surface area contributed by atoms with E-state index in [-0.39, 0.29) is 0 Å². The van der Waals surface area contributed by atoms with Gasteiger partial charge in [-0.2, -0.15) is 13.2 Å². The molecule has 0 spiro atoms. The number of likely N-dealkylation sites (tertiary alicyclic amines) is 1. The molecule has 4 nitrogen and oxygen atoms in total. The van der Waals surface area contributed by atoms with Gasteiger partial charge in [0.2, 0.25) is 0 Å². The van der Waals surface area contributed by atoms with Gasteiger partial charge in [-0.3, -0.25) is 0 Å². The molecule has 0 bridgehead atoms. The number of aliphatic carboxylic acids is 1. The van der Waals surface area contributed by atoms with Gasteiger partial charge in [-0.15, -0.1) is 0 Å². The number of carboxylic acid groups (broad SMARTS) is 1. The van der Waals surface area contributed by atoms with Crippen molar-refractivity contribution in [3.63, 3.8) is 0 Å². The van der Waals surface area contributed by atoms with E-state index in [1.165, 1.54) is 49.8 Å². The maximum atomic E-state index is 10.5. The monoisotopic (exact) mass is 299 g/mol. The standard InChI is InChI=1S/C11H24NO.C2HF3O2/c1-3-5-8-12(11-13-4-2)9-6-7-10-12;3-2(4,5)1(6)7/h3-11H2,1-2H3;(H,6,7)/q+1;/p-1. The minimum Gasteiger partial charge on any atom is -0.542 e. The Morgan fingerprint density at radius 1 is 1.25 bits per heavy atom. The Kier molecular flexibility index (Phi) is 8.80. The molecule has 0 radical (unpaired) electrons. The highest BCUT2D eigenvalue weighted by atomic mass is 19.4. The summed E-state index contributed by atoms with van der Waals surface area (Å²) in [6, 6.07) is 0. The maximum absolute atomic E-state index is 10.5. The summed E-state index contributed by atoms with van der Waals surface area (Å²) in [6.07, 6.45) is 0.271. The lowest BCUT2D eigenvalue weighted by atomic mass is 10.3. The fourth-order valence-corrected chi connectivity index (χ4v) is 2.20. The van der Waals surface area contributed by atoms with Gasteiger partial charge in [0.1, 0.15) is 5.97 Å². The average molecular weight is 299 g/mol. The molecule has 1 aliphatic rings. The third-order valence-electron chi connectivity index (χ3n) is 3.30. The zero-order valence-electron chi connectivity index (χ0n) is 12.2. The minimum absolute atomic E-state index is 0.867. The van der Waals surface area contributed by atoms with Crippen LogP contribution in [0.25, 0.3) is 0 Å². The normalized spacial score (nSPS) is 17.4. The quantitative estimate of drug-likeness (QED) is 0.701. The van der Waals surface area contributed by atoms with E-state index in [4.69, 9.17) is 14.6 Å². The molecule has 0 amide bonds. The second-order valence-electron chi connectivity index (χ2n) is 4.98. The Morgan fingerprint density at radius 3 is 2.10 bits per heavy atom. The molecule has 1 fully saturated rings. The summed E-state index contributed by atoms with van der Waals surface area (Å²) in [5.41, 5.74) is 0. The number of carbonyl (C=O) groups excluding carboxylic acids is 1. The summed E-state index contributed by atoms with van der Waals surface area (Å²) in [7, 11) is 0. The number of unbranched alkanes of at least 4 members (excludes halogenated alkanes) is 1. The zero-order valence-corrected chi connectivity index (χ0v) is 12.2. The highest BCUT2D eigenvalue weighted by Crippen LogP contribution is 2.20. The zero-order chi connectivity index (χ0) is 15.6. The van der Waals surface area contributed by atoms with Gasteiger partial charge in [0, 0.05) is 19.4 Å². The predicted octanol–water partition coefficient (Wildman–Crippen LogP) is 1.69. The van der Waals surface area contributed by atoms with Crippen molar-refractivity contribution in [3.05, 3.63) is 0 Å². The summed E-state index contributed by atoms with van der Waals surface area (Å²) in [6.45, 7) is 10.2. The lowest BCUT2D eigenvalue weighted by Crippen LogP contribution is -2.47. The fraction of sp³-hybridized carbons (Fsp3) is 0.923. The van der Waals surface area contributed by atoms with Crippen molar-refractivity contribution in [2.24, 2.45) is 0 Å². The van der Waals surface area contributed by atoms with Crippen LogP contribution in [0.2, 0.25) is 0 Å². The van der Waals surface area contributed by atoms with Crippen LogP contribution in [0.3, 0.4) is 0 Å². The van der Waals surface area contributed by atoms with Gasteiger partial charge < -0.3 is 19.1 Å². The SMILES string of the molecule is CCCC[N+]1(COCC)CCCC1.O=C([O-])C(F)(F)F. The highest BCUT2D eigenvalue weighted by molar-refractivity contribution is 5.70. The molecule has 0 aliphatic carbocycles. The molecule has 1 heterocycles. The van der Waals surface area contributed by atoms with E-state index in [1.54, 1.807) is 0 Å². The van der Waals surface area contributed by atoms with Gasteiger partial charge in [0.25, 0.3) is 0 Å². The van der Waals surface area contributed by atoms with Gasteiger partial charge >= 0.3 is 6.18 Å². The van der Waals surface area contributed by atoms with Crippen LogP contribution in [0.4, 0.5) is 13.2 Å². The third kappa shape index (κ3) is 7.69. The van der Waals surface area contributed by atoms with Gasteiger partial charge in [0.15, 0.2) is 6.73 Å². The van der Waals surface area contributed by atoms with E-state index < -0.39 is 12.1 Å². The third-order valence-corrected chi connectivity index (χ3v) is 3.30. The Morgan fingerprint density at radius 2 is 1.75 bits per heavy atom. The van der Waals surface area contributed by atoms with E-state index in [9.17, 15) is 13.2 Å². The largest absolute Gasteiger partial charge is 0.542 e. The summed E-state index contributed by atoms with van der Waals surface area (Å²) in [5, 5.41) is 8.78. The predicted molar refractivity (Wildman–Crippen MR) is 66.6 cm³/mol. The number of hydrogen-bond donors (Lipinski definition) is 0. The molecular formula is C13H24F3NO3. The number of quaternary nitrogens is 1. The number of ether oxygens (including phenoxy) is 1. The van der Waals surface area contributed by atoms with Crippen LogP contribution in [0.5, 0.6) is 0 Å². The van der Waals surface area contributed by atoms with Crippen molar-refractivity contribution < 1.29 is 32.3 Å². The second kappa shape index (κ2) is 9.18. The first-order chi connectivity index (χ1) is 9.27. The molecule has 0 aromatic heterocycles. The van der Waals surface area contributed by atoms with Crippen molar-refractivity contribution in [1.29, 1.82) is 0 Å². The number of nitrogens with zero attached hydrogens (tertiary/aromatic N) is 1. The average Bonchev–Trinajstić information content (AvgIpc) is 2.83. The highest BCUT2D eigenvalue weighted by Gasteiger charge is 2.31. The number of alkyl halides is 3. The topological polar surface area (TPSA) is 49.4 Å². The van der Waals surface area contributed by atoms with Crippen LogP contribution >= 0.6 is 0 Å². The van der Waals surface area contributed by atoms with Gasteiger partial charge in [0.05, 0.1) is 19.6 Å². The summed E-state index contributed by atoms with van der Waals surface area (Å²) in [4.78, 5) is 8.78. The first-order valence-electron chi connectivity index (χ1n) is 6.98. The molecule has 1 saturated heterocycles. The van der Waals surface area contributed by atoms with Crippen LogP contribution in [-0.4, -0.2) is 49.6 Å². The molecule has 20 heavy (non-hydrogen) atoms. The first kappa shape index (κ1) is 19.2. The fourth-order valence-electron chi connectivity index (χ4n) is 2.20. The number of carboxylic acids is 1. The Bertz CT molecular complexity index is 267. The Hall–Kier alpha value is -0.820. The smallest absolute Gasteiger partial charge is 0.430 e. The summed E-state index contributed by atoms with van der Waals surface area (Å²) in [5.74, 6) is -3.01. The second-order valence-corrected chi connectivity index (χ2v) is 4.98. The van der Waals surface area contributed by atoms with Crippen LogP contribution in [0.15, 0.2) is 0 Å². The number of halogens is 3. The minimum atomic E-state index is -5.19. The number of hydrogen-bond acceptors (Lipinski definition) is 3. The van der Waals surface area contributed by atoms with E-state index in [1.807, 2.05) is 0 Å². The first-order valence-corrected chi connectivity index (χ1v) is 6.98. The molecule has 0 saturated carbocycles. The molecule has 7 heteroatoms. The Labute approximate surface area is 118 Å². The molecule has 0 N–H and O–H groups in total. The van der Waals surface area contributed by atoms with E-state index >= 15 is 0 Å². The molecule has 0 aromatic carbocycles. The van der Waals surface area contributed by atoms with Gasteiger partial charge in [-0.1, -0.05) is 13.3 Å². The Balaban J connectivity index is 0.000000441. The van der Waals surface area contributed by atoms with Crippen LogP contribution in [-0.2, 0) is 9.53 Å². The lowest BCUT2D eigenvalue weighted by molar-refractivity contribution is -0.935.